The minimum atomic E-state index is 0.757. The summed E-state index contributed by atoms with van der Waals surface area (Å²) in [6.07, 6.45) is 0. The number of benzene rings is 1. The molecule has 0 aliphatic rings. The van der Waals surface area contributed by atoms with E-state index < -0.39 is 0 Å². The molecule has 0 saturated carbocycles. The van der Waals surface area contributed by atoms with Crippen molar-refractivity contribution in [2.24, 2.45) is 7.05 Å². The number of thiophene rings is 1. The lowest BCUT2D eigenvalue weighted by Crippen LogP contribution is -2.27. The molecule has 2 aromatic heterocycles. The molecule has 1 aromatic carbocycles. The summed E-state index contributed by atoms with van der Waals surface area (Å²) in [5, 5.41) is 5.69. The molecule has 3 aromatic rings. The van der Waals surface area contributed by atoms with Crippen molar-refractivity contribution < 1.29 is 4.74 Å². The van der Waals surface area contributed by atoms with Crippen molar-refractivity contribution in [3.63, 3.8) is 0 Å². The molecule has 0 N–H and O–H groups in total. The first-order chi connectivity index (χ1) is 11.2. The molecule has 0 atom stereocenters. The van der Waals surface area contributed by atoms with Crippen molar-refractivity contribution in [1.82, 2.24) is 9.47 Å². The van der Waals surface area contributed by atoms with Crippen LogP contribution in [-0.2, 0) is 24.9 Å². The van der Waals surface area contributed by atoms with Crippen LogP contribution >= 0.6 is 11.3 Å². The number of aryl methyl sites for hydroxylation is 2. The summed E-state index contributed by atoms with van der Waals surface area (Å²) < 4.78 is 7.60. The number of rotatable bonds is 7. The smallest absolute Gasteiger partial charge is 0.0589 e. The van der Waals surface area contributed by atoms with Crippen molar-refractivity contribution in [2.45, 2.75) is 20.0 Å². The second-order valence-corrected chi connectivity index (χ2v) is 6.87. The van der Waals surface area contributed by atoms with E-state index in [2.05, 4.69) is 64.5 Å². The standard InChI is InChI=1S/C19H24N2OS/c1-15-4-5-19-17(10-15)11-18(20(19)2)13-21(7-8-22-3)12-16-6-9-23-14-16/h4-6,9-11,14H,7-8,12-13H2,1-3H3. The average molecular weight is 328 g/mol. The molecule has 4 heteroatoms. The van der Waals surface area contributed by atoms with E-state index in [9.17, 15) is 0 Å². The molecule has 122 valence electrons. The highest BCUT2D eigenvalue weighted by Crippen LogP contribution is 2.22. The Balaban J connectivity index is 1.82. The molecular weight excluding hydrogens is 304 g/mol. The molecule has 0 fully saturated rings. The number of hydrogen-bond donors (Lipinski definition) is 0. The van der Waals surface area contributed by atoms with Gasteiger partial charge in [-0.2, -0.15) is 11.3 Å². The first-order valence-electron chi connectivity index (χ1n) is 7.94. The van der Waals surface area contributed by atoms with Gasteiger partial charge in [0.15, 0.2) is 0 Å². The maximum Gasteiger partial charge on any atom is 0.0589 e. The van der Waals surface area contributed by atoms with Gasteiger partial charge in [-0.05, 0) is 47.5 Å². The van der Waals surface area contributed by atoms with Gasteiger partial charge in [-0.3, -0.25) is 4.90 Å². The molecule has 0 aliphatic carbocycles. The van der Waals surface area contributed by atoms with E-state index in [0.717, 1.165) is 26.2 Å². The van der Waals surface area contributed by atoms with E-state index in [1.165, 1.54) is 27.7 Å². The second-order valence-electron chi connectivity index (χ2n) is 6.09. The number of nitrogens with zero attached hydrogens (tertiary/aromatic N) is 2. The fourth-order valence-electron chi connectivity index (χ4n) is 2.98. The molecule has 23 heavy (non-hydrogen) atoms. The number of hydrogen-bond acceptors (Lipinski definition) is 3. The van der Waals surface area contributed by atoms with Gasteiger partial charge < -0.3 is 9.30 Å². The predicted molar refractivity (Wildman–Crippen MR) is 98.0 cm³/mol. The quantitative estimate of drug-likeness (QED) is 0.647. The third-order valence-corrected chi connectivity index (χ3v) is 5.01. The summed E-state index contributed by atoms with van der Waals surface area (Å²) in [7, 11) is 3.93. The first-order valence-corrected chi connectivity index (χ1v) is 8.89. The lowest BCUT2D eigenvalue weighted by molar-refractivity contribution is 0.139. The van der Waals surface area contributed by atoms with Crippen molar-refractivity contribution in [3.8, 4) is 0 Å². The van der Waals surface area contributed by atoms with Crippen LogP contribution in [0.3, 0.4) is 0 Å². The van der Waals surface area contributed by atoms with E-state index in [0.29, 0.717) is 0 Å². The molecule has 0 unspecified atom stereocenters. The zero-order valence-corrected chi connectivity index (χ0v) is 14.9. The highest BCUT2D eigenvalue weighted by atomic mass is 32.1. The topological polar surface area (TPSA) is 17.4 Å². The van der Waals surface area contributed by atoms with Crippen molar-refractivity contribution >= 4 is 22.2 Å². The Morgan fingerprint density at radius 1 is 1.17 bits per heavy atom. The van der Waals surface area contributed by atoms with Gasteiger partial charge in [-0.1, -0.05) is 11.6 Å². The minimum absolute atomic E-state index is 0.757. The van der Waals surface area contributed by atoms with Crippen molar-refractivity contribution in [2.75, 3.05) is 20.3 Å². The molecule has 0 spiro atoms. The summed E-state index contributed by atoms with van der Waals surface area (Å²) in [5.41, 5.74) is 5.33. The molecule has 3 nitrogen and oxygen atoms in total. The number of fused-ring (bicyclic) bond motifs is 1. The Kier molecular flexibility index (Phi) is 5.16. The van der Waals surface area contributed by atoms with Gasteiger partial charge in [0.25, 0.3) is 0 Å². The SMILES string of the molecule is COCCN(Cc1ccsc1)Cc1cc2cc(C)ccc2n1C. The zero-order chi connectivity index (χ0) is 16.2. The number of aromatic nitrogens is 1. The Labute approximate surface area is 142 Å². The summed E-state index contributed by atoms with van der Waals surface area (Å²) >= 11 is 1.76. The van der Waals surface area contributed by atoms with Gasteiger partial charge in [0, 0.05) is 50.4 Å². The molecule has 0 radical (unpaired) electrons. The van der Waals surface area contributed by atoms with Crippen LogP contribution in [0.15, 0.2) is 41.1 Å². The number of ether oxygens (including phenoxy) is 1. The summed E-state index contributed by atoms with van der Waals surface area (Å²) in [5.74, 6) is 0. The van der Waals surface area contributed by atoms with Crippen LogP contribution in [0, 0.1) is 6.92 Å². The van der Waals surface area contributed by atoms with E-state index >= 15 is 0 Å². The van der Waals surface area contributed by atoms with E-state index in [4.69, 9.17) is 4.74 Å². The van der Waals surface area contributed by atoms with Crippen LogP contribution in [0.2, 0.25) is 0 Å². The van der Waals surface area contributed by atoms with Crippen molar-refractivity contribution in [3.05, 3.63) is 57.9 Å². The predicted octanol–water partition coefficient (Wildman–Crippen LogP) is 4.20. The van der Waals surface area contributed by atoms with E-state index in [-0.39, 0.29) is 0 Å². The zero-order valence-electron chi connectivity index (χ0n) is 14.1. The second kappa shape index (κ2) is 7.30. The normalized spacial score (nSPS) is 11.7. The average Bonchev–Trinajstić information content (AvgIpc) is 3.14. The third-order valence-electron chi connectivity index (χ3n) is 4.28. The molecule has 0 bridgehead atoms. The molecule has 0 saturated heterocycles. The molecule has 2 heterocycles. The Morgan fingerprint density at radius 2 is 2.04 bits per heavy atom. The van der Waals surface area contributed by atoms with Gasteiger partial charge in [0.2, 0.25) is 0 Å². The fraction of sp³-hybridized carbons (Fsp3) is 0.368. The maximum absolute atomic E-state index is 5.29. The molecule has 0 aliphatic heterocycles. The fourth-order valence-corrected chi connectivity index (χ4v) is 3.64. The van der Waals surface area contributed by atoms with Gasteiger partial charge >= 0.3 is 0 Å². The third kappa shape index (κ3) is 3.83. The van der Waals surface area contributed by atoms with Crippen LogP contribution in [0.5, 0.6) is 0 Å². The minimum Gasteiger partial charge on any atom is -0.383 e. The monoisotopic (exact) mass is 328 g/mol. The molecule has 0 amide bonds. The van der Waals surface area contributed by atoms with Crippen LogP contribution in [0.25, 0.3) is 10.9 Å². The van der Waals surface area contributed by atoms with Crippen LogP contribution in [0.1, 0.15) is 16.8 Å². The Morgan fingerprint density at radius 3 is 2.78 bits per heavy atom. The van der Waals surface area contributed by atoms with E-state index in [1.807, 2.05) is 0 Å². The highest BCUT2D eigenvalue weighted by Gasteiger charge is 2.12. The maximum atomic E-state index is 5.29. The van der Waals surface area contributed by atoms with Crippen LogP contribution in [-0.4, -0.2) is 29.7 Å². The summed E-state index contributed by atoms with van der Waals surface area (Å²) in [4.78, 5) is 2.45. The van der Waals surface area contributed by atoms with Gasteiger partial charge in [0.05, 0.1) is 6.61 Å². The lowest BCUT2D eigenvalue weighted by atomic mass is 10.2. The van der Waals surface area contributed by atoms with Gasteiger partial charge in [-0.15, -0.1) is 0 Å². The molecule has 3 rings (SSSR count). The first kappa shape index (κ1) is 16.2. The van der Waals surface area contributed by atoms with Crippen LogP contribution < -0.4 is 0 Å². The summed E-state index contributed by atoms with van der Waals surface area (Å²) in [6.45, 7) is 5.74. The largest absolute Gasteiger partial charge is 0.383 e. The lowest BCUT2D eigenvalue weighted by Gasteiger charge is -2.22. The number of methoxy groups -OCH3 is 1. The summed E-state index contributed by atoms with van der Waals surface area (Å²) in [6, 6.07) is 11.2. The van der Waals surface area contributed by atoms with E-state index in [1.54, 1.807) is 18.4 Å². The highest BCUT2D eigenvalue weighted by molar-refractivity contribution is 7.07. The van der Waals surface area contributed by atoms with Crippen molar-refractivity contribution in [1.29, 1.82) is 0 Å². The van der Waals surface area contributed by atoms with Gasteiger partial charge in [0.1, 0.15) is 0 Å². The Hall–Kier alpha value is -1.62. The Bertz CT molecular complexity index is 761. The molecular formula is C19H24N2OS. The van der Waals surface area contributed by atoms with Gasteiger partial charge in [-0.25, -0.2) is 0 Å². The van der Waals surface area contributed by atoms with Crippen LogP contribution in [0.4, 0.5) is 0 Å².